The molecule has 10 heteroatoms. The Bertz CT molecular complexity index is 1010. The topological polar surface area (TPSA) is 75.4 Å². The van der Waals surface area contributed by atoms with Crippen molar-refractivity contribution in [3.05, 3.63) is 60.1 Å². The van der Waals surface area contributed by atoms with E-state index in [9.17, 15) is 18.0 Å². The molecule has 31 heavy (non-hydrogen) atoms. The minimum atomic E-state index is -4.68. The Morgan fingerprint density at radius 1 is 1.03 bits per heavy atom. The van der Waals surface area contributed by atoms with Crippen molar-refractivity contribution in [2.75, 3.05) is 31.1 Å². The lowest BCUT2D eigenvalue weighted by molar-refractivity contribution is -0.159. The number of halogens is 3. The van der Waals surface area contributed by atoms with Crippen LogP contribution in [0.2, 0.25) is 0 Å². The van der Waals surface area contributed by atoms with E-state index in [1.807, 2.05) is 40.1 Å². The van der Waals surface area contributed by atoms with Gasteiger partial charge < -0.3 is 14.3 Å². The average Bonchev–Trinajstić information content (AvgIpc) is 3.29. The van der Waals surface area contributed by atoms with Crippen LogP contribution in [0.5, 0.6) is 0 Å². The first-order chi connectivity index (χ1) is 14.9. The fraction of sp³-hybridized carbons (Fsp3) is 0.333. The summed E-state index contributed by atoms with van der Waals surface area (Å²) < 4.78 is 42.1. The number of amides is 1. The number of benzene rings is 1. The molecule has 0 radical (unpaired) electrons. The number of piperazine rings is 1. The summed E-state index contributed by atoms with van der Waals surface area (Å²) in [6.07, 6.45) is -2.08. The molecule has 1 saturated heterocycles. The van der Waals surface area contributed by atoms with Gasteiger partial charge in [-0.05, 0) is 24.1 Å². The standard InChI is InChI=1S/C21H20F3N5O2/c22-21(23,24)20-26-19(27-31-20)16-7-8-17(25-14-16)28-10-12-29(13-11-28)18(30)9-6-15-4-2-1-3-5-15/h1-5,7-8,14H,6,9-13H2. The average molecular weight is 431 g/mol. The van der Waals surface area contributed by atoms with Gasteiger partial charge in [0.1, 0.15) is 5.82 Å². The summed E-state index contributed by atoms with van der Waals surface area (Å²) in [6, 6.07) is 13.2. The number of alkyl halides is 3. The van der Waals surface area contributed by atoms with Gasteiger partial charge in [0, 0.05) is 44.4 Å². The van der Waals surface area contributed by atoms with E-state index in [0.29, 0.717) is 44.0 Å². The molecular formula is C21H20F3N5O2. The van der Waals surface area contributed by atoms with Gasteiger partial charge in [0.25, 0.3) is 0 Å². The quantitative estimate of drug-likeness (QED) is 0.616. The number of hydrogen-bond donors (Lipinski definition) is 0. The highest BCUT2D eigenvalue weighted by Gasteiger charge is 2.38. The molecule has 1 amide bonds. The Hall–Kier alpha value is -3.43. The van der Waals surface area contributed by atoms with E-state index in [-0.39, 0.29) is 11.7 Å². The molecule has 0 spiro atoms. The molecule has 0 atom stereocenters. The van der Waals surface area contributed by atoms with Crippen LogP contribution in [-0.4, -0.2) is 52.1 Å². The lowest BCUT2D eigenvalue weighted by Gasteiger charge is -2.35. The van der Waals surface area contributed by atoms with Crippen LogP contribution in [0, 0.1) is 0 Å². The van der Waals surface area contributed by atoms with Gasteiger partial charge >= 0.3 is 12.1 Å². The summed E-state index contributed by atoms with van der Waals surface area (Å²) in [6.45, 7) is 2.45. The van der Waals surface area contributed by atoms with Crippen molar-refractivity contribution in [2.24, 2.45) is 0 Å². The summed E-state index contributed by atoms with van der Waals surface area (Å²) >= 11 is 0. The maximum atomic E-state index is 12.6. The summed E-state index contributed by atoms with van der Waals surface area (Å²) in [5.41, 5.74) is 1.47. The van der Waals surface area contributed by atoms with Crippen LogP contribution in [0.4, 0.5) is 19.0 Å². The summed E-state index contributed by atoms with van der Waals surface area (Å²) in [5, 5.41) is 3.36. The largest absolute Gasteiger partial charge is 0.471 e. The molecule has 0 unspecified atom stereocenters. The van der Waals surface area contributed by atoms with Crippen LogP contribution in [0.15, 0.2) is 53.2 Å². The number of aryl methyl sites for hydroxylation is 1. The van der Waals surface area contributed by atoms with E-state index in [2.05, 4.69) is 19.6 Å². The molecule has 1 aliphatic heterocycles. The molecule has 162 valence electrons. The zero-order chi connectivity index (χ0) is 21.8. The molecule has 4 rings (SSSR count). The fourth-order valence-electron chi connectivity index (χ4n) is 3.40. The second-order valence-electron chi connectivity index (χ2n) is 7.18. The maximum Gasteiger partial charge on any atom is 0.471 e. The molecule has 2 aromatic heterocycles. The maximum absolute atomic E-state index is 12.6. The minimum Gasteiger partial charge on any atom is -0.353 e. The molecular weight excluding hydrogens is 411 g/mol. The molecule has 1 aromatic carbocycles. The highest BCUT2D eigenvalue weighted by atomic mass is 19.4. The van der Waals surface area contributed by atoms with Gasteiger partial charge in [-0.15, -0.1) is 0 Å². The Kier molecular flexibility index (Phi) is 5.88. The van der Waals surface area contributed by atoms with E-state index in [1.54, 1.807) is 12.1 Å². The summed E-state index contributed by atoms with van der Waals surface area (Å²) in [7, 11) is 0. The van der Waals surface area contributed by atoms with Crippen LogP contribution >= 0.6 is 0 Å². The summed E-state index contributed by atoms with van der Waals surface area (Å²) in [4.78, 5) is 24.0. The first-order valence-corrected chi connectivity index (χ1v) is 9.84. The number of aromatic nitrogens is 3. The van der Waals surface area contributed by atoms with E-state index >= 15 is 0 Å². The molecule has 7 nitrogen and oxygen atoms in total. The number of carbonyl (C=O) groups is 1. The molecule has 0 saturated carbocycles. The molecule has 3 heterocycles. The van der Waals surface area contributed by atoms with E-state index in [0.717, 1.165) is 12.0 Å². The van der Waals surface area contributed by atoms with Gasteiger partial charge in [0.05, 0.1) is 0 Å². The van der Waals surface area contributed by atoms with Crippen LogP contribution in [0.25, 0.3) is 11.4 Å². The van der Waals surface area contributed by atoms with Gasteiger partial charge in [-0.2, -0.15) is 18.2 Å². The van der Waals surface area contributed by atoms with Crippen LogP contribution in [-0.2, 0) is 17.4 Å². The van der Waals surface area contributed by atoms with Gasteiger partial charge in [0.15, 0.2) is 0 Å². The SMILES string of the molecule is O=C(CCc1ccccc1)N1CCN(c2ccc(-c3noc(C(F)(F)F)n3)cn2)CC1. The number of nitrogens with zero attached hydrogens (tertiary/aromatic N) is 5. The van der Waals surface area contributed by atoms with Gasteiger partial charge in [-0.1, -0.05) is 35.5 Å². The third-order valence-corrected chi connectivity index (χ3v) is 5.10. The molecule has 0 aliphatic carbocycles. The Labute approximate surface area is 176 Å². The van der Waals surface area contributed by atoms with Crippen molar-refractivity contribution < 1.29 is 22.5 Å². The van der Waals surface area contributed by atoms with E-state index < -0.39 is 12.1 Å². The van der Waals surface area contributed by atoms with Crippen molar-refractivity contribution in [2.45, 2.75) is 19.0 Å². The Morgan fingerprint density at radius 3 is 2.39 bits per heavy atom. The van der Waals surface area contributed by atoms with Crippen LogP contribution < -0.4 is 4.90 Å². The predicted molar refractivity (Wildman–Crippen MR) is 106 cm³/mol. The molecule has 0 bridgehead atoms. The predicted octanol–water partition coefficient (Wildman–Crippen LogP) is 3.43. The monoisotopic (exact) mass is 431 g/mol. The zero-order valence-corrected chi connectivity index (χ0v) is 16.5. The third kappa shape index (κ3) is 5.01. The second kappa shape index (κ2) is 8.75. The number of carbonyl (C=O) groups excluding carboxylic acids is 1. The number of anilines is 1. The third-order valence-electron chi connectivity index (χ3n) is 5.10. The fourth-order valence-corrected chi connectivity index (χ4v) is 3.40. The van der Waals surface area contributed by atoms with Crippen molar-refractivity contribution in [3.63, 3.8) is 0 Å². The molecule has 3 aromatic rings. The second-order valence-corrected chi connectivity index (χ2v) is 7.18. The summed E-state index contributed by atoms with van der Waals surface area (Å²) in [5.74, 6) is -0.746. The Morgan fingerprint density at radius 2 is 1.77 bits per heavy atom. The smallest absolute Gasteiger partial charge is 0.353 e. The van der Waals surface area contributed by atoms with Crippen molar-refractivity contribution in [3.8, 4) is 11.4 Å². The van der Waals surface area contributed by atoms with E-state index in [1.165, 1.54) is 6.20 Å². The number of pyridine rings is 1. The van der Waals surface area contributed by atoms with Crippen LogP contribution in [0.1, 0.15) is 17.9 Å². The van der Waals surface area contributed by atoms with E-state index in [4.69, 9.17) is 0 Å². The lowest BCUT2D eigenvalue weighted by Crippen LogP contribution is -2.49. The van der Waals surface area contributed by atoms with Crippen LogP contribution in [0.3, 0.4) is 0 Å². The molecule has 1 fully saturated rings. The van der Waals surface area contributed by atoms with Crippen molar-refractivity contribution >= 4 is 11.7 Å². The van der Waals surface area contributed by atoms with Gasteiger partial charge in [0.2, 0.25) is 11.7 Å². The normalized spacial score (nSPS) is 14.7. The zero-order valence-electron chi connectivity index (χ0n) is 16.5. The van der Waals surface area contributed by atoms with Gasteiger partial charge in [-0.3, -0.25) is 4.79 Å². The first kappa shape index (κ1) is 20.8. The number of hydrogen-bond acceptors (Lipinski definition) is 6. The first-order valence-electron chi connectivity index (χ1n) is 9.84. The Balaban J connectivity index is 1.30. The molecule has 0 N–H and O–H groups in total. The highest BCUT2D eigenvalue weighted by Crippen LogP contribution is 2.29. The van der Waals surface area contributed by atoms with Gasteiger partial charge in [-0.25, -0.2) is 4.98 Å². The van der Waals surface area contributed by atoms with Crippen molar-refractivity contribution in [1.29, 1.82) is 0 Å². The highest BCUT2D eigenvalue weighted by molar-refractivity contribution is 5.76. The lowest BCUT2D eigenvalue weighted by atomic mass is 10.1. The van der Waals surface area contributed by atoms with Crippen molar-refractivity contribution in [1.82, 2.24) is 20.0 Å². The molecule has 1 aliphatic rings. The minimum absolute atomic E-state index is 0.129. The number of rotatable bonds is 5.